The molecule has 106 valence electrons. The van der Waals surface area contributed by atoms with Crippen LogP contribution in [0.4, 0.5) is 0 Å². The van der Waals surface area contributed by atoms with Crippen LogP contribution < -0.4 is 11.2 Å². The molecule has 0 amide bonds. The summed E-state index contributed by atoms with van der Waals surface area (Å²) in [4.78, 5) is 33.0. The van der Waals surface area contributed by atoms with Crippen molar-refractivity contribution in [1.82, 2.24) is 19.5 Å². The predicted octanol–water partition coefficient (Wildman–Crippen LogP) is 0.647. The van der Waals surface area contributed by atoms with Crippen molar-refractivity contribution in [3.05, 3.63) is 50.2 Å². The quantitative estimate of drug-likeness (QED) is 0.686. The Bertz CT molecular complexity index is 980. The summed E-state index contributed by atoms with van der Waals surface area (Å²) in [6, 6.07) is 5.91. The van der Waals surface area contributed by atoms with Crippen molar-refractivity contribution in [2.24, 2.45) is 7.05 Å². The standard InChI is InChI=1S/C14H12N4O3/c1-18-12-10(13(19)17-14(18)20)15-11(16-12)7-2-3-8-5-21-6-9(8)4-7/h2-4H,5-6H2,1H3,(H,15,16)(H,17,19,20). The van der Waals surface area contributed by atoms with Crippen LogP contribution in [0, 0.1) is 0 Å². The summed E-state index contributed by atoms with van der Waals surface area (Å²) in [7, 11) is 1.57. The average Bonchev–Trinajstić information content (AvgIpc) is 3.10. The van der Waals surface area contributed by atoms with Gasteiger partial charge < -0.3 is 9.72 Å². The third kappa shape index (κ3) is 1.74. The van der Waals surface area contributed by atoms with Gasteiger partial charge in [0, 0.05) is 12.6 Å². The number of rotatable bonds is 1. The van der Waals surface area contributed by atoms with Crippen molar-refractivity contribution in [3.8, 4) is 11.4 Å². The predicted molar refractivity (Wildman–Crippen MR) is 75.9 cm³/mol. The molecule has 3 aromatic rings. The molecule has 4 rings (SSSR count). The Hall–Kier alpha value is -2.67. The van der Waals surface area contributed by atoms with E-state index in [1.807, 2.05) is 18.2 Å². The lowest BCUT2D eigenvalue weighted by Gasteiger charge is -2.00. The molecule has 0 aliphatic carbocycles. The number of hydrogen-bond donors (Lipinski definition) is 2. The van der Waals surface area contributed by atoms with Gasteiger partial charge >= 0.3 is 5.69 Å². The van der Waals surface area contributed by atoms with Gasteiger partial charge in [-0.25, -0.2) is 9.78 Å². The maximum absolute atomic E-state index is 11.8. The highest BCUT2D eigenvalue weighted by atomic mass is 16.5. The van der Waals surface area contributed by atoms with E-state index in [9.17, 15) is 9.59 Å². The molecule has 2 N–H and O–H groups in total. The minimum atomic E-state index is -0.479. The minimum Gasteiger partial charge on any atom is -0.372 e. The highest BCUT2D eigenvalue weighted by Crippen LogP contribution is 2.26. The van der Waals surface area contributed by atoms with Crippen molar-refractivity contribution in [3.63, 3.8) is 0 Å². The molecule has 0 unspecified atom stereocenters. The van der Waals surface area contributed by atoms with Gasteiger partial charge in [0.2, 0.25) is 0 Å². The molecule has 0 saturated carbocycles. The molecule has 7 heteroatoms. The number of hydrogen-bond acceptors (Lipinski definition) is 4. The van der Waals surface area contributed by atoms with Crippen molar-refractivity contribution >= 4 is 11.2 Å². The zero-order valence-electron chi connectivity index (χ0n) is 11.3. The van der Waals surface area contributed by atoms with Gasteiger partial charge in [0.05, 0.1) is 13.2 Å². The van der Waals surface area contributed by atoms with Gasteiger partial charge in [-0.05, 0) is 17.2 Å². The monoisotopic (exact) mass is 284 g/mol. The highest BCUT2D eigenvalue weighted by Gasteiger charge is 2.15. The van der Waals surface area contributed by atoms with Crippen LogP contribution in [-0.4, -0.2) is 19.5 Å². The van der Waals surface area contributed by atoms with Gasteiger partial charge in [-0.15, -0.1) is 0 Å². The van der Waals surface area contributed by atoms with E-state index in [0.717, 1.165) is 11.1 Å². The number of imidazole rings is 1. The van der Waals surface area contributed by atoms with E-state index >= 15 is 0 Å². The van der Waals surface area contributed by atoms with Gasteiger partial charge in [0.25, 0.3) is 5.56 Å². The number of nitrogens with one attached hydrogen (secondary N) is 2. The zero-order valence-corrected chi connectivity index (χ0v) is 11.3. The Kier molecular flexibility index (Phi) is 2.40. The number of benzene rings is 1. The molecule has 0 bridgehead atoms. The molecule has 7 nitrogen and oxygen atoms in total. The lowest BCUT2D eigenvalue weighted by atomic mass is 10.1. The number of nitrogens with zero attached hydrogens (tertiary/aromatic N) is 2. The maximum Gasteiger partial charge on any atom is 0.329 e. The maximum atomic E-state index is 11.8. The van der Waals surface area contributed by atoms with Crippen LogP contribution in [-0.2, 0) is 25.0 Å². The molecule has 3 heterocycles. The Morgan fingerprint density at radius 1 is 1.19 bits per heavy atom. The Balaban J connectivity index is 1.96. The van der Waals surface area contributed by atoms with Crippen molar-refractivity contribution in [2.75, 3.05) is 0 Å². The SMILES string of the molecule is Cn1c(=O)[nH]c(=O)c2[nH]c(-c3ccc4c(c3)COC4)nc21. The van der Waals surface area contributed by atoms with E-state index in [4.69, 9.17) is 4.74 Å². The number of fused-ring (bicyclic) bond motifs is 2. The first-order chi connectivity index (χ1) is 10.1. The van der Waals surface area contributed by atoms with Gasteiger partial charge in [-0.1, -0.05) is 12.1 Å². The van der Waals surface area contributed by atoms with E-state index in [1.165, 1.54) is 10.1 Å². The van der Waals surface area contributed by atoms with Crippen molar-refractivity contribution < 1.29 is 4.74 Å². The second kappa shape index (κ2) is 4.16. The number of aryl methyl sites for hydroxylation is 1. The van der Waals surface area contributed by atoms with Crippen LogP contribution in [0.5, 0.6) is 0 Å². The molecule has 0 radical (unpaired) electrons. The average molecular weight is 284 g/mol. The summed E-state index contributed by atoms with van der Waals surface area (Å²) in [5.74, 6) is 0.561. The van der Waals surface area contributed by atoms with Crippen LogP contribution in [0.2, 0.25) is 0 Å². The van der Waals surface area contributed by atoms with E-state index in [-0.39, 0.29) is 0 Å². The summed E-state index contributed by atoms with van der Waals surface area (Å²) in [6.45, 7) is 1.21. The van der Waals surface area contributed by atoms with E-state index in [2.05, 4.69) is 15.0 Å². The van der Waals surface area contributed by atoms with Gasteiger partial charge in [-0.3, -0.25) is 14.3 Å². The fourth-order valence-electron chi connectivity index (χ4n) is 2.56. The number of H-pyrrole nitrogens is 2. The molecule has 1 aromatic carbocycles. The highest BCUT2D eigenvalue weighted by molar-refractivity contribution is 5.75. The Morgan fingerprint density at radius 3 is 2.86 bits per heavy atom. The first-order valence-corrected chi connectivity index (χ1v) is 6.52. The summed E-state index contributed by atoms with van der Waals surface area (Å²) < 4.78 is 6.70. The molecule has 1 aliphatic rings. The van der Waals surface area contributed by atoms with E-state index < -0.39 is 11.2 Å². The van der Waals surface area contributed by atoms with Crippen molar-refractivity contribution in [1.29, 1.82) is 0 Å². The summed E-state index contributed by atoms with van der Waals surface area (Å²) in [6.07, 6.45) is 0. The van der Waals surface area contributed by atoms with Crippen molar-refractivity contribution in [2.45, 2.75) is 13.2 Å². The van der Waals surface area contributed by atoms with Crippen LogP contribution >= 0.6 is 0 Å². The number of ether oxygens (including phenoxy) is 1. The summed E-state index contributed by atoms with van der Waals surface area (Å²) in [5, 5.41) is 0. The largest absolute Gasteiger partial charge is 0.372 e. The fraction of sp³-hybridized carbons (Fsp3) is 0.214. The molecule has 0 fully saturated rings. The lowest BCUT2D eigenvalue weighted by Crippen LogP contribution is -2.28. The summed E-state index contributed by atoms with van der Waals surface area (Å²) in [5.41, 5.74) is 2.85. The van der Waals surface area contributed by atoms with Crippen LogP contribution in [0.3, 0.4) is 0 Å². The molecule has 0 atom stereocenters. The third-order valence-electron chi connectivity index (χ3n) is 3.75. The van der Waals surface area contributed by atoms with Gasteiger partial charge in [-0.2, -0.15) is 0 Å². The van der Waals surface area contributed by atoms with Crippen LogP contribution in [0.1, 0.15) is 11.1 Å². The number of aromatic amines is 2. The Labute approximate surface area is 118 Å². The topological polar surface area (TPSA) is 92.8 Å². The molecular weight excluding hydrogens is 272 g/mol. The normalized spacial score (nSPS) is 13.8. The van der Waals surface area contributed by atoms with Crippen LogP contribution in [0.15, 0.2) is 27.8 Å². The van der Waals surface area contributed by atoms with Gasteiger partial charge in [0.15, 0.2) is 5.65 Å². The van der Waals surface area contributed by atoms with E-state index in [0.29, 0.717) is 30.2 Å². The molecule has 0 saturated heterocycles. The molecule has 1 aliphatic heterocycles. The lowest BCUT2D eigenvalue weighted by molar-refractivity contribution is 0.134. The van der Waals surface area contributed by atoms with Crippen LogP contribution in [0.25, 0.3) is 22.6 Å². The molecular formula is C14H12N4O3. The smallest absolute Gasteiger partial charge is 0.329 e. The first-order valence-electron chi connectivity index (χ1n) is 6.52. The zero-order chi connectivity index (χ0) is 14.6. The Morgan fingerprint density at radius 2 is 2.00 bits per heavy atom. The molecule has 21 heavy (non-hydrogen) atoms. The number of aromatic nitrogens is 4. The second-order valence-electron chi connectivity index (χ2n) is 5.08. The minimum absolute atomic E-state index is 0.295. The summed E-state index contributed by atoms with van der Waals surface area (Å²) >= 11 is 0. The van der Waals surface area contributed by atoms with E-state index in [1.54, 1.807) is 7.05 Å². The molecule has 2 aromatic heterocycles. The van der Waals surface area contributed by atoms with Gasteiger partial charge in [0.1, 0.15) is 11.3 Å². The fourth-order valence-corrected chi connectivity index (χ4v) is 2.56. The molecule has 0 spiro atoms. The second-order valence-corrected chi connectivity index (χ2v) is 5.08. The first kappa shape index (κ1) is 12.1. The third-order valence-corrected chi connectivity index (χ3v) is 3.75.